The van der Waals surface area contributed by atoms with Crippen molar-refractivity contribution < 1.29 is 17.9 Å². The van der Waals surface area contributed by atoms with E-state index in [-0.39, 0.29) is 17.4 Å². The number of carbonyl (C=O) groups excluding carboxylic acids is 1. The number of hydrogen-bond acceptors (Lipinski definition) is 4. The predicted octanol–water partition coefficient (Wildman–Crippen LogP) is 2.88. The molecule has 26 heavy (non-hydrogen) atoms. The topological polar surface area (TPSA) is 75.7 Å². The first kappa shape index (κ1) is 19.9. The summed E-state index contributed by atoms with van der Waals surface area (Å²) < 4.78 is 31.0. The molecule has 0 heterocycles. The van der Waals surface area contributed by atoms with Crippen molar-refractivity contribution in [2.45, 2.75) is 25.7 Å². The first-order valence-corrected chi connectivity index (χ1v) is 9.58. The number of nitrogens with one attached hydrogen (secondary N) is 1. The smallest absolute Gasteiger partial charge is 0.262 e. The minimum Gasteiger partial charge on any atom is -0.483 e. The molecule has 0 saturated heterocycles. The summed E-state index contributed by atoms with van der Waals surface area (Å²) in [6, 6.07) is 10.4. The van der Waals surface area contributed by atoms with Crippen molar-refractivity contribution in [1.82, 2.24) is 4.31 Å². The highest BCUT2D eigenvalue weighted by atomic mass is 32.2. The van der Waals surface area contributed by atoms with E-state index in [1.807, 2.05) is 32.0 Å². The third-order valence-electron chi connectivity index (χ3n) is 3.79. The summed E-state index contributed by atoms with van der Waals surface area (Å²) >= 11 is 0. The van der Waals surface area contributed by atoms with Crippen LogP contribution in [0.1, 0.15) is 16.7 Å². The van der Waals surface area contributed by atoms with Gasteiger partial charge in [-0.25, -0.2) is 12.7 Å². The minimum absolute atomic E-state index is 0.159. The molecule has 1 amide bonds. The Labute approximate surface area is 154 Å². The van der Waals surface area contributed by atoms with Gasteiger partial charge >= 0.3 is 0 Å². The number of hydrogen-bond donors (Lipinski definition) is 1. The number of benzene rings is 2. The second kappa shape index (κ2) is 7.88. The summed E-state index contributed by atoms with van der Waals surface area (Å²) in [6.07, 6.45) is 0. The van der Waals surface area contributed by atoms with Crippen molar-refractivity contribution in [2.75, 3.05) is 26.0 Å². The van der Waals surface area contributed by atoms with Crippen LogP contribution in [0.25, 0.3) is 0 Å². The van der Waals surface area contributed by atoms with Crippen LogP contribution in [0.15, 0.2) is 41.3 Å². The number of ether oxygens (including phenoxy) is 1. The van der Waals surface area contributed by atoms with Crippen molar-refractivity contribution in [1.29, 1.82) is 0 Å². The average molecular weight is 376 g/mol. The lowest BCUT2D eigenvalue weighted by Gasteiger charge is -2.14. The fraction of sp³-hybridized carbons (Fsp3) is 0.316. The van der Waals surface area contributed by atoms with Gasteiger partial charge in [0.15, 0.2) is 6.61 Å². The summed E-state index contributed by atoms with van der Waals surface area (Å²) in [5, 5.41) is 2.80. The average Bonchev–Trinajstić information content (AvgIpc) is 2.52. The van der Waals surface area contributed by atoms with Gasteiger partial charge in [0.05, 0.1) is 4.90 Å². The van der Waals surface area contributed by atoms with Crippen LogP contribution in [0.2, 0.25) is 0 Å². The molecule has 0 aliphatic carbocycles. The number of nitrogens with zero attached hydrogens (tertiary/aromatic N) is 1. The lowest BCUT2D eigenvalue weighted by atomic mass is 10.1. The Kier molecular flexibility index (Phi) is 6.05. The summed E-state index contributed by atoms with van der Waals surface area (Å²) in [6.45, 7) is 5.51. The van der Waals surface area contributed by atoms with Gasteiger partial charge in [-0.1, -0.05) is 6.07 Å². The molecule has 0 aliphatic rings. The van der Waals surface area contributed by atoms with E-state index in [9.17, 15) is 13.2 Å². The zero-order valence-corrected chi connectivity index (χ0v) is 16.5. The Balaban J connectivity index is 2.04. The maximum atomic E-state index is 12.1. The Morgan fingerprint density at radius 1 is 1.04 bits per heavy atom. The van der Waals surface area contributed by atoms with Gasteiger partial charge in [-0.3, -0.25) is 4.79 Å². The molecular weight excluding hydrogens is 352 g/mol. The number of carbonyl (C=O) groups is 1. The molecule has 7 heteroatoms. The van der Waals surface area contributed by atoms with Gasteiger partial charge < -0.3 is 10.1 Å². The maximum absolute atomic E-state index is 12.1. The van der Waals surface area contributed by atoms with Gasteiger partial charge in [-0.15, -0.1) is 0 Å². The van der Waals surface area contributed by atoms with E-state index in [1.165, 1.54) is 26.2 Å². The standard InChI is InChI=1S/C19H24N2O4S/c1-13-8-14(2)10-16(9-13)20-19(22)12-25-18-7-6-17(11-15(18)3)26(23,24)21(4)5/h6-11H,12H2,1-5H3,(H,20,22). The molecule has 2 aromatic carbocycles. The molecule has 0 aromatic heterocycles. The van der Waals surface area contributed by atoms with Gasteiger partial charge in [0, 0.05) is 19.8 Å². The molecule has 1 N–H and O–H groups in total. The summed E-state index contributed by atoms with van der Waals surface area (Å²) in [5.74, 6) is 0.192. The van der Waals surface area contributed by atoms with E-state index >= 15 is 0 Å². The molecule has 0 radical (unpaired) electrons. The second-order valence-corrected chi connectivity index (χ2v) is 8.58. The lowest BCUT2D eigenvalue weighted by Crippen LogP contribution is -2.22. The molecule has 0 atom stereocenters. The van der Waals surface area contributed by atoms with E-state index in [0.717, 1.165) is 21.1 Å². The van der Waals surface area contributed by atoms with Crippen LogP contribution in [-0.2, 0) is 14.8 Å². The zero-order valence-electron chi connectivity index (χ0n) is 15.7. The van der Waals surface area contributed by atoms with E-state index < -0.39 is 10.0 Å². The lowest BCUT2D eigenvalue weighted by molar-refractivity contribution is -0.118. The molecule has 2 rings (SSSR count). The summed E-state index contributed by atoms with van der Waals surface area (Å²) in [4.78, 5) is 12.3. The van der Waals surface area contributed by atoms with Crippen molar-refractivity contribution in [2.24, 2.45) is 0 Å². The highest BCUT2D eigenvalue weighted by molar-refractivity contribution is 7.89. The van der Waals surface area contributed by atoms with Crippen molar-refractivity contribution in [3.05, 3.63) is 53.1 Å². The van der Waals surface area contributed by atoms with Gasteiger partial charge in [0.2, 0.25) is 10.0 Å². The number of aryl methyl sites for hydroxylation is 3. The van der Waals surface area contributed by atoms with Crippen LogP contribution in [0, 0.1) is 20.8 Å². The zero-order chi connectivity index (χ0) is 19.5. The largest absolute Gasteiger partial charge is 0.483 e. The Morgan fingerprint density at radius 2 is 1.65 bits per heavy atom. The number of rotatable bonds is 6. The maximum Gasteiger partial charge on any atom is 0.262 e. The Bertz CT molecular complexity index is 901. The molecule has 0 unspecified atom stereocenters. The van der Waals surface area contributed by atoms with Crippen LogP contribution < -0.4 is 10.1 Å². The fourth-order valence-corrected chi connectivity index (χ4v) is 3.53. The van der Waals surface area contributed by atoms with Crippen molar-refractivity contribution in [3.63, 3.8) is 0 Å². The highest BCUT2D eigenvalue weighted by Crippen LogP contribution is 2.23. The van der Waals surface area contributed by atoms with Crippen LogP contribution >= 0.6 is 0 Å². The number of amides is 1. The van der Waals surface area contributed by atoms with E-state index in [2.05, 4.69) is 5.32 Å². The minimum atomic E-state index is -3.50. The van der Waals surface area contributed by atoms with Crippen molar-refractivity contribution >= 4 is 21.6 Å². The van der Waals surface area contributed by atoms with Crippen LogP contribution in [0.5, 0.6) is 5.75 Å². The highest BCUT2D eigenvalue weighted by Gasteiger charge is 2.18. The molecule has 2 aromatic rings. The molecule has 0 aliphatic heterocycles. The van der Waals surface area contributed by atoms with Crippen LogP contribution in [0.3, 0.4) is 0 Å². The van der Waals surface area contributed by atoms with Crippen LogP contribution in [-0.4, -0.2) is 39.3 Å². The van der Waals surface area contributed by atoms with Gasteiger partial charge in [0.1, 0.15) is 5.75 Å². The normalized spacial score (nSPS) is 11.5. The summed E-state index contributed by atoms with van der Waals surface area (Å²) in [7, 11) is -0.541. The van der Waals surface area contributed by atoms with Gasteiger partial charge in [-0.05, 0) is 67.8 Å². The predicted molar refractivity (Wildman–Crippen MR) is 102 cm³/mol. The molecule has 0 spiro atoms. The second-order valence-electron chi connectivity index (χ2n) is 6.43. The molecule has 6 nitrogen and oxygen atoms in total. The van der Waals surface area contributed by atoms with E-state index in [0.29, 0.717) is 11.3 Å². The monoisotopic (exact) mass is 376 g/mol. The fourth-order valence-electron chi connectivity index (χ4n) is 2.54. The molecular formula is C19H24N2O4S. The number of anilines is 1. The first-order valence-electron chi connectivity index (χ1n) is 8.14. The molecule has 0 fully saturated rings. The third-order valence-corrected chi connectivity index (χ3v) is 5.60. The summed E-state index contributed by atoms with van der Waals surface area (Å²) in [5.41, 5.74) is 3.50. The first-order chi connectivity index (χ1) is 12.1. The Hall–Kier alpha value is -2.38. The number of sulfonamides is 1. The van der Waals surface area contributed by atoms with Gasteiger partial charge in [-0.2, -0.15) is 0 Å². The Morgan fingerprint density at radius 3 is 2.19 bits per heavy atom. The quantitative estimate of drug-likeness (QED) is 0.841. The molecule has 0 saturated carbocycles. The van der Waals surface area contributed by atoms with E-state index in [1.54, 1.807) is 13.0 Å². The third kappa shape index (κ3) is 4.83. The van der Waals surface area contributed by atoms with Crippen LogP contribution in [0.4, 0.5) is 5.69 Å². The van der Waals surface area contributed by atoms with E-state index in [4.69, 9.17) is 4.74 Å². The molecule has 140 valence electrons. The van der Waals surface area contributed by atoms with Crippen molar-refractivity contribution in [3.8, 4) is 5.75 Å². The SMILES string of the molecule is Cc1cc(C)cc(NC(=O)COc2ccc(S(=O)(=O)N(C)C)cc2C)c1. The van der Waals surface area contributed by atoms with Gasteiger partial charge in [0.25, 0.3) is 5.91 Å². The molecule has 0 bridgehead atoms.